The fourth-order valence-electron chi connectivity index (χ4n) is 3.05. The van der Waals surface area contributed by atoms with Crippen molar-refractivity contribution in [3.63, 3.8) is 0 Å². The first kappa shape index (κ1) is 20.5. The van der Waals surface area contributed by atoms with Crippen molar-refractivity contribution in [3.05, 3.63) is 57.5 Å². The molecule has 0 spiro atoms. The van der Waals surface area contributed by atoms with Crippen molar-refractivity contribution in [2.75, 3.05) is 13.2 Å². The maximum Gasteiger partial charge on any atom is 0.419 e. The SMILES string of the molecule is C[C@@H](NC(=O)C1=CC(Br)=CN2CC(CO)N=C12)c1cccc(C(F)(F)F)c1F. The van der Waals surface area contributed by atoms with Gasteiger partial charge in [-0.3, -0.25) is 9.79 Å². The highest BCUT2D eigenvalue weighted by molar-refractivity contribution is 9.11. The molecule has 0 radical (unpaired) electrons. The highest BCUT2D eigenvalue weighted by Gasteiger charge is 2.36. The third kappa shape index (κ3) is 3.97. The van der Waals surface area contributed by atoms with E-state index in [1.807, 2.05) is 0 Å². The Morgan fingerprint density at radius 3 is 2.82 bits per heavy atom. The zero-order chi connectivity index (χ0) is 20.6. The highest BCUT2D eigenvalue weighted by Crippen LogP contribution is 2.34. The van der Waals surface area contributed by atoms with Crippen LogP contribution in [0.5, 0.6) is 0 Å². The summed E-state index contributed by atoms with van der Waals surface area (Å²) in [4.78, 5) is 18.7. The van der Waals surface area contributed by atoms with E-state index in [1.54, 1.807) is 11.1 Å². The number of fused-ring (bicyclic) bond motifs is 1. The summed E-state index contributed by atoms with van der Waals surface area (Å²) >= 11 is 3.29. The van der Waals surface area contributed by atoms with Crippen molar-refractivity contribution in [1.29, 1.82) is 0 Å². The first-order chi connectivity index (χ1) is 13.1. The highest BCUT2D eigenvalue weighted by atomic mass is 79.9. The van der Waals surface area contributed by atoms with Crippen molar-refractivity contribution in [2.24, 2.45) is 4.99 Å². The average Bonchev–Trinajstić information content (AvgIpc) is 3.02. The summed E-state index contributed by atoms with van der Waals surface area (Å²) in [7, 11) is 0. The van der Waals surface area contributed by atoms with E-state index in [9.17, 15) is 27.5 Å². The molecule has 28 heavy (non-hydrogen) atoms. The second-order valence-corrected chi connectivity index (χ2v) is 7.33. The fourth-order valence-corrected chi connectivity index (χ4v) is 3.53. The molecule has 1 unspecified atom stereocenters. The molecule has 0 aromatic heterocycles. The molecule has 1 amide bonds. The molecular weight excluding hydrogens is 446 g/mol. The number of hydrogen-bond acceptors (Lipinski definition) is 4. The van der Waals surface area contributed by atoms with E-state index in [0.29, 0.717) is 22.9 Å². The number of amidine groups is 1. The predicted molar refractivity (Wildman–Crippen MR) is 98.1 cm³/mol. The molecule has 150 valence electrons. The molecule has 0 fully saturated rings. The number of amides is 1. The van der Waals surface area contributed by atoms with Gasteiger partial charge in [0, 0.05) is 22.8 Å². The van der Waals surface area contributed by atoms with Crippen molar-refractivity contribution in [1.82, 2.24) is 10.2 Å². The van der Waals surface area contributed by atoms with E-state index in [4.69, 9.17) is 0 Å². The largest absolute Gasteiger partial charge is 0.419 e. The van der Waals surface area contributed by atoms with E-state index in [2.05, 4.69) is 26.2 Å². The maximum atomic E-state index is 14.3. The number of rotatable bonds is 4. The van der Waals surface area contributed by atoms with Crippen LogP contribution in [0.1, 0.15) is 24.1 Å². The lowest BCUT2D eigenvalue weighted by Crippen LogP contribution is -2.37. The number of aliphatic hydroxyl groups is 1. The second-order valence-electron chi connectivity index (χ2n) is 6.42. The van der Waals surface area contributed by atoms with Crippen LogP contribution in [0, 0.1) is 5.82 Å². The maximum absolute atomic E-state index is 14.3. The molecule has 3 rings (SSSR count). The molecule has 2 aliphatic heterocycles. The summed E-state index contributed by atoms with van der Waals surface area (Å²) < 4.78 is 53.7. The normalized spacial score (nSPS) is 20.2. The summed E-state index contributed by atoms with van der Waals surface area (Å²) in [5.41, 5.74) is -1.48. The van der Waals surface area contributed by atoms with E-state index in [1.165, 1.54) is 19.1 Å². The summed E-state index contributed by atoms with van der Waals surface area (Å²) in [5, 5.41) is 11.8. The van der Waals surface area contributed by atoms with Gasteiger partial charge in [-0.1, -0.05) is 12.1 Å². The van der Waals surface area contributed by atoms with Crippen LogP contribution in [0.15, 0.2) is 45.5 Å². The minimum absolute atomic E-state index is 0.171. The van der Waals surface area contributed by atoms with Crippen LogP contribution < -0.4 is 5.32 Å². The third-order valence-electron chi connectivity index (χ3n) is 4.39. The quantitative estimate of drug-likeness (QED) is 0.676. The number of carbonyl (C=O) groups is 1. The molecule has 2 N–H and O–H groups in total. The minimum atomic E-state index is -4.83. The van der Waals surface area contributed by atoms with E-state index in [0.717, 1.165) is 6.07 Å². The van der Waals surface area contributed by atoms with Crippen LogP contribution >= 0.6 is 15.9 Å². The lowest BCUT2D eigenvalue weighted by Gasteiger charge is -2.24. The molecule has 0 saturated heterocycles. The third-order valence-corrected chi connectivity index (χ3v) is 4.82. The lowest BCUT2D eigenvalue weighted by atomic mass is 10.0. The zero-order valence-electron chi connectivity index (χ0n) is 14.6. The topological polar surface area (TPSA) is 64.9 Å². The van der Waals surface area contributed by atoms with Crippen LogP contribution in [0.3, 0.4) is 0 Å². The monoisotopic (exact) mass is 461 g/mol. The lowest BCUT2D eigenvalue weighted by molar-refractivity contribution is -0.140. The number of alkyl halides is 3. The van der Waals surface area contributed by atoms with Crippen molar-refractivity contribution in [3.8, 4) is 0 Å². The van der Waals surface area contributed by atoms with Gasteiger partial charge in [0.15, 0.2) is 0 Å². The summed E-state index contributed by atoms with van der Waals surface area (Å²) in [5.74, 6) is -1.69. The first-order valence-electron chi connectivity index (χ1n) is 8.33. The van der Waals surface area contributed by atoms with Gasteiger partial charge in [0.2, 0.25) is 0 Å². The molecular formula is C18H16BrF4N3O2. The number of aliphatic hydroxyl groups excluding tert-OH is 1. The van der Waals surface area contributed by atoms with Gasteiger partial charge in [0.25, 0.3) is 5.91 Å². The molecule has 5 nitrogen and oxygen atoms in total. The van der Waals surface area contributed by atoms with Gasteiger partial charge in [0.05, 0.1) is 29.8 Å². The fraction of sp³-hybridized carbons (Fsp3) is 0.333. The van der Waals surface area contributed by atoms with Gasteiger partial charge in [-0.15, -0.1) is 0 Å². The van der Waals surface area contributed by atoms with E-state index in [-0.39, 0.29) is 23.8 Å². The second kappa shape index (κ2) is 7.67. The molecule has 2 aliphatic rings. The number of halogens is 5. The molecule has 0 aliphatic carbocycles. The molecule has 0 saturated carbocycles. The van der Waals surface area contributed by atoms with Crippen LogP contribution in [0.25, 0.3) is 0 Å². The van der Waals surface area contributed by atoms with Gasteiger partial charge in [-0.05, 0) is 35.0 Å². The molecule has 10 heteroatoms. The Labute approximate surface area is 166 Å². The molecule has 1 aromatic carbocycles. The number of nitrogens with zero attached hydrogens (tertiary/aromatic N) is 2. The van der Waals surface area contributed by atoms with Crippen LogP contribution in [0.4, 0.5) is 17.6 Å². The number of nitrogens with one attached hydrogen (secondary N) is 1. The van der Waals surface area contributed by atoms with Crippen LogP contribution in [-0.4, -0.2) is 40.9 Å². The average molecular weight is 462 g/mol. The summed E-state index contributed by atoms with van der Waals surface area (Å²) in [6.07, 6.45) is -1.61. The van der Waals surface area contributed by atoms with Crippen LogP contribution in [-0.2, 0) is 11.0 Å². The Morgan fingerprint density at radius 1 is 1.46 bits per heavy atom. The number of allylic oxidation sites excluding steroid dienone is 2. The standard InChI is InChI=1S/C18H16BrF4N3O2/c1-9(12-3-2-4-14(15(12)20)18(21,22)23)24-17(28)13-5-10(19)6-26-7-11(8-27)25-16(13)26/h2-6,9,11,27H,7-8H2,1H3,(H,24,28)/t9-,11?/m1/s1. The summed E-state index contributed by atoms with van der Waals surface area (Å²) in [6.45, 7) is 1.60. The Morgan fingerprint density at radius 2 is 2.18 bits per heavy atom. The Balaban J connectivity index is 1.84. The smallest absolute Gasteiger partial charge is 0.394 e. The predicted octanol–water partition coefficient (Wildman–Crippen LogP) is 3.27. The van der Waals surface area contributed by atoms with Crippen molar-refractivity contribution >= 4 is 27.7 Å². The van der Waals surface area contributed by atoms with Gasteiger partial charge in [0.1, 0.15) is 11.7 Å². The minimum Gasteiger partial charge on any atom is -0.394 e. The van der Waals surface area contributed by atoms with Gasteiger partial charge in [-0.25, -0.2) is 4.39 Å². The number of benzene rings is 1. The van der Waals surface area contributed by atoms with Crippen LogP contribution in [0.2, 0.25) is 0 Å². The van der Waals surface area contributed by atoms with Gasteiger partial charge >= 0.3 is 6.18 Å². The molecule has 1 aromatic rings. The first-order valence-corrected chi connectivity index (χ1v) is 9.12. The van der Waals surface area contributed by atoms with Crippen molar-refractivity contribution < 1.29 is 27.5 Å². The Kier molecular flexibility index (Phi) is 5.62. The Bertz CT molecular complexity index is 895. The van der Waals surface area contributed by atoms with E-state index >= 15 is 0 Å². The number of carbonyl (C=O) groups excluding carboxylic acids is 1. The number of hydrogen-bond donors (Lipinski definition) is 2. The Hall–Kier alpha value is -2.20. The van der Waals surface area contributed by atoms with E-state index < -0.39 is 29.5 Å². The van der Waals surface area contributed by atoms with Crippen molar-refractivity contribution in [2.45, 2.75) is 25.2 Å². The molecule has 2 atom stereocenters. The molecule has 0 bridgehead atoms. The van der Waals surface area contributed by atoms with Gasteiger partial charge < -0.3 is 15.3 Å². The zero-order valence-corrected chi connectivity index (χ0v) is 16.2. The number of aliphatic imine (C=N–C) groups is 1. The van der Waals surface area contributed by atoms with Gasteiger partial charge in [-0.2, -0.15) is 13.2 Å². The molecule has 2 heterocycles. The summed E-state index contributed by atoms with van der Waals surface area (Å²) in [6, 6.07) is 1.54.